The lowest BCUT2D eigenvalue weighted by Gasteiger charge is -2.04. The summed E-state index contributed by atoms with van der Waals surface area (Å²) in [5, 5.41) is 0. The van der Waals surface area contributed by atoms with Gasteiger partial charge in [0.2, 0.25) is 0 Å². The van der Waals surface area contributed by atoms with Crippen molar-refractivity contribution >= 4 is 5.82 Å². The summed E-state index contributed by atoms with van der Waals surface area (Å²) in [6, 6.07) is 2.75. The molecule has 2 rings (SSSR count). The first-order valence-electron chi connectivity index (χ1n) is 4.31. The molecule has 0 saturated heterocycles. The van der Waals surface area contributed by atoms with Crippen molar-refractivity contribution in [2.24, 2.45) is 0 Å². The first-order valence-corrected chi connectivity index (χ1v) is 4.31. The molecule has 0 spiro atoms. The number of hydrogen-bond acceptors (Lipinski definition) is 3. The van der Waals surface area contributed by atoms with E-state index in [1.807, 2.05) is 0 Å². The molecule has 2 aromatic rings. The van der Waals surface area contributed by atoms with Gasteiger partial charge in [-0.25, -0.2) is 23.1 Å². The van der Waals surface area contributed by atoms with Crippen LogP contribution < -0.4 is 5.73 Å². The molecule has 1 aromatic heterocycles. The maximum absolute atomic E-state index is 13.5. The number of anilines is 1. The van der Waals surface area contributed by atoms with E-state index in [0.29, 0.717) is 6.07 Å². The Morgan fingerprint density at radius 2 is 1.81 bits per heavy atom. The average molecular weight is 225 g/mol. The zero-order valence-electron chi connectivity index (χ0n) is 7.92. The van der Waals surface area contributed by atoms with E-state index in [-0.39, 0.29) is 17.1 Å². The molecule has 0 saturated carbocycles. The fourth-order valence-corrected chi connectivity index (χ4v) is 1.25. The number of benzene rings is 1. The second-order valence-electron chi connectivity index (χ2n) is 3.05. The maximum Gasteiger partial charge on any atom is 0.191 e. The highest BCUT2D eigenvalue weighted by Gasteiger charge is 2.14. The third kappa shape index (κ3) is 1.69. The van der Waals surface area contributed by atoms with Crippen molar-refractivity contribution in [3.8, 4) is 11.3 Å². The summed E-state index contributed by atoms with van der Waals surface area (Å²) in [5.74, 6) is -2.96. The van der Waals surface area contributed by atoms with Gasteiger partial charge in [-0.2, -0.15) is 0 Å². The minimum Gasteiger partial charge on any atom is -0.381 e. The summed E-state index contributed by atoms with van der Waals surface area (Å²) in [4.78, 5) is 6.98. The predicted octanol–water partition coefficient (Wildman–Crippen LogP) is 2.14. The van der Waals surface area contributed by atoms with Gasteiger partial charge in [0, 0.05) is 11.6 Å². The lowest BCUT2D eigenvalue weighted by Crippen LogP contribution is -2.00. The Bertz CT molecular complexity index is 543. The highest BCUT2D eigenvalue weighted by Crippen LogP contribution is 2.25. The van der Waals surface area contributed by atoms with Gasteiger partial charge in [-0.15, -0.1) is 0 Å². The van der Waals surface area contributed by atoms with Gasteiger partial charge >= 0.3 is 0 Å². The molecule has 1 aromatic carbocycles. The molecule has 1 heterocycles. The number of rotatable bonds is 1. The smallest absolute Gasteiger partial charge is 0.191 e. The van der Waals surface area contributed by atoms with Gasteiger partial charge in [-0.05, 0) is 12.1 Å². The number of halogens is 3. The van der Waals surface area contributed by atoms with E-state index in [1.165, 1.54) is 0 Å². The van der Waals surface area contributed by atoms with E-state index in [4.69, 9.17) is 5.73 Å². The molecule has 0 aliphatic carbocycles. The molecule has 0 unspecified atom stereocenters. The summed E-state index contributed by atoms with van der Waals surface area (Å²) in [6.45, 7) is 0. The Morgan fingerprint density at radius 3 is 2.50 bits per heavy atom. The lowest BCUT2D eigenvalue weighted by molar-refractivity contribution is 0.581. The molecule has 0 fully saturated rings. The number of aromatic nitrogens is 2. The minimum atomic E-state index is -0.923. The quantitative estimate of drug-likeness (QED) is 0.808. The molecule has 0 atom stereocenters. The molecule has 0 amide bonds. The van der Waals surface area contributed by atoms with E-state index in [0.717, 1.165) is 18.5 Å². The predicted molar refractivity (Wildman–Crippen MR) is 51.8 cm³/mol. The molecule has 2 N–H and O–H groups in total. The van der Waals surface area contributed by atoms with Crippen molar-refractivity contribution in [3.05, 3.63) is 42.0 Å². The van der Waals surface area contributed by atoms with Crippen molar-refractivity contribution < 1.29 is 13.2 Å². The first kappa shape index (κ1) is 10.4. The third-order valence-corrected chi connectivity index (χ3v) is 2.00. The van der Waals surface area contributed by atoms with Gasteiger partial charge in [-0.3, -0.25) is 0 Å². The highest BCUT2D eigenvalue weighted by molar-refractivity contribution is 5.63. The Morgan fingerprint density at radius 1 is 1.06 bits per heavy atom. The largest absolute Gasteiger partial charge is 0.381 e. The van der Waals surface area contributed by atoms with Crippen molar-refractivity contribution in [1.29, 1.82) is 0 Å². The number of hydrogen-bond donors (Lipinski definition) is 1. The fourth-order valence-electron chi connectivity index (χ4n) is 1.25. The SMILES string of the molecule is Nc1ncnc(-c2ccc(F)cc2F)c1F. The molecule has 6 heteroatoms. The van der Waals surface area contributed by atoms with Gasteiger partial charge < -0.3 is 5.73 Å². The second kappa shape index (κ2) is 3.80. The summed E-state index contributed by atoms with van der Waals surface area (Å²) in [6.07, 6.45) is 1.01. The van der Waals surface area contributed by atoms with Gasteiger partial charge in [0.15, 0.2) is 11.6 Å². The molecule has 0 radical (unpaired) electrons. The second-order valence-corrected chi connectivity index (χ2v) is 3.05. The van der Waals surface area contributed by atoms with Crippen molar-refractivity contribution in [2.45, 2.75) is 0 Å². The highest BCUT2D eigenvalue weighted by atomic mass is 19.1. The van der Waals surface area contributed by atoms with Gasteiger partial charge in [0.1, 0.15) is 23.7 Å². The molecule has 0 aliphatic heterocycles. The Balaban J connectivity index is 2.63. The summed E-state index contributed by atoms with van der Waals surface area (Å²) < 4.78 is 39.4. The van der Waals surface area contributed by atoms with Crippen LogP contribution in [-0.4, -0.2) is 9.97 Å². The van der Waals surface area contributed by atoms with Crippen LogP contribution in [0.1, 0.15) is 0 Å². The van der Waals surface area contributed by atoms with Crippen LogP contribution in [0.3, 0.4) is 0 Å². The van der Waals surface area contributed by atoms with Gasteiger partial charge in [0.25, 0.3) is 0 Å². The van der Waals surface area contributed by atoms with Crippen molar-refractivity contribution in [2.75, 3.05) is 5.73 Å². The molecule has 3 nitrogen and oxygen atoms in total. The van der Waals surface area contributed by atoms with Crippen molar-refractivity contribution in [3.63, 3.8) is 0 Å². The molecular weight excluding hydrogens is 219 g/mol. The third-order valence-electron chi connectivity index (χ3n) is 2.00. The number of nitrogen functional groups attached to an aromatic ring is 1. The molecule has 82 valence electrons. The Labute approximate surface area is 88.8 Å². The maximum atomic E-state index is 13.5. The standard InChI is InChI=1S/C10H6F3N3/c11-5-1-2-6(7(12)3-5)9-8(13)10(14)16-4-15-9/h1-4H,(H2,14,15,16). The van der Waals surface area contributed by atoms with Crippen LogP contribution in [0.25, 0.3) is 11.3 Å². The molecule has 16 heavy (non-hydrogen) atoms. The molecular formula is C10H6F3N3. The van der Waals surface area contributed by atoms with Crippen LogP contribution in [0, 0.1) is 17.5 Å². The molecule has 0 aliphatic rings. The average Bonchev–Trinajstić information content (AvgIpc) is 2.23. The van der Waals surface area contributed by atoms with Crippen LogP contribution in [0.2, 0.25) is 0 Å². The number of nitrogens with two attached hydrogens (primary N) is 1. The normalized spacial score (nSPS) is 10.4. The Hall–Kier alpha value is -2.11. The van der Waals surface area contributed by atoms with Crippen LogP contribution in [0.4, 0.5) is 19.0 Å². The Kier molecular flexibility index (Phi) is 2.47. The van der Waals surface area contributed by atoms with Crippen molar-refractivity contribution in [1.82, 2.24) is 9.97 Å². The first-order chi connectivity index (χ1) is 7.59. The zero-order valence-corrected chi connectivity index (χ0v) is 7.92. The van der Waals surface area contributed by atoms with Gasteiger partial charge in [0.05, 0.1) is 0 Å². The topological polar surface area (TPSA) is 51.8 Å². The zero-order chi connectivity index (χ0) is 11.7. The molecule has 0 bridgehead atoms. The van der Waals surface area contributed by atoms with Crippen LogP contribution >= 0.6 is 0 Å². The van der Waals surface area contributed by atoms with E-state index in [1.54, 1.807) is 0 Å². The monoisotopic (exact) mass is 225 g/mol. The van der Waals surface area contributed by atoms with Gasteiger partial charge in [-0.1, -0.05) is 0 Å². The fraction of sp³-hybridized carbons (Fsp3) is 0. The van der Waals surface area contributed by atoms with E-state index in [9.17, 15) is 13.2 Å². The summed E-state index contributed by atoms with van der Waals surface area (Å²) in [7, 11) is 0. The van der Waals surface area contributed by atoms with E-state index in [2.05, 4.69) is 9.97 Å². The lowest BCUT2D eigenvalue weighted by atomic mass is 10.1. The summed E-state index contributed by atoms with van der Waals surface area (Å²) >= 11 is 0. The minimum absolute atomic E-state index is 0.159. The van der Waals surface area contributed by atoms with Crippen LogP contribution in [0.5, 0.6) is 0 Å². The summed E-state index contributed by atoms with van der Waals surface area (Å²) in [5.41, 5.74) is 4.77. The van der Waals surface area contributed by atoms with Crippen LogP contribution in [0.15, 0.2) is 24.5 Å². The van der Waals surface area contributed by atoms with E-state index >= 15 is 0 Å². The van der Waals surface area contributed by atoms with Crippen LogP contribution in [-0.2, 0) is 0 Å². The number of nitrogens with zero attached hydrogens (tertiary/aromatic N) is 2. The van der Waals surface area contributed by atoms with E-state index < -0.39 is 17.5 Å².